The van der Waals surface area contributed by atoms with Gasteiger partial charge in [0.15, 0.2) is 22.7 Å². The number of amidine groups is 2. The summed E-state index contributed by atoms with van der Waals surface area (Å²) in [5, 5.41) is 0. The van der Waals surface area contributed by atoms with Crippen LogP contribution in [0.25, 0.3) is 0 Å². The SMILES string of the molecule is Cc1ccc(C2=NC(c3ccccc3)(C3(c4ccccc4)N=C(c4ccc(C)cc4)N=C3c3ccccc3)C(c3ccccc3)=N2)cc1. The van der Waals surface area contributed by atoms with E-state index in [9.17, 15) is 0 Å². The van der Waals surface area contributed by atoms with Gasteiger partial charge in [-0.15, -0.1) is 0 Å². The molecule has 0 aliphatic carbocycles. The van der Waals surface area contributed by atoms with Crippen LogP contribution in [0.15, 0.2) is 190 Å². The lowest BCUT2D eigenvalue weighted by atomic mass is 9.62. The first-order valence-corrected chi connectivity index (χ1v) is 16.3. The number of rotatable bonds is 7. The Hall–Kier alpha value is -6.00. The third-order valence-electron chi connectivity index (χ3n) is 9.29. The number of hydrogen-bond donors (Lipinski definition) is 0. The Bertz CT molecular complexity index is 2040. The monoisotopic (exact) mass is 618 g/mol. The molecule has 4 heteroatoms. The van der Waals surface area contributed by atoms with Gasteiger partial charge in [0.05, 0.1) is 11.4 Å². The van der Waals surface area contributed by atoms with Crippen LogP contribution in [0.4, 0.5) is 0 Å². The lowest BCUT2D eigenvalue weighted by molar-refractivity contribution is 0.420. The van der Waals surface area contributed by atoms with Gasteiger partial charge in [-0.2, -0.15) is 0 Å². The van der Waals surface area contributed by atoms with Gasteiger partial charge >= 0.3 is 0 Å². The van der Waals surface area contributed by atoms with Crippen LogP contribution in [0.2, 0.25) is 0 Å². The van der Waals surface area contributed by atoms with Crippen molar-refractivity contribution in [3.63, 3.8) is 0 Å². The Morgan fingerprint density at radius 2 is 0.646 bits per heavy atom. The topological polar surface area (TPSA) is 49.4 Å². The van der Waals surface area contributed by atoms with Crippen LogP contribution in [0.5, 0.6) is 0 Å². The smallest absolute Gasteiger partial charge is 0.165 e. The van der Waals surface area contributed by atoms with Crippen LogP contribution in [0.1, 0.15) is 44.5 Å². The highest BCUT2D eigenvalue weighted by molar-refractivity contribution is 6.29. The summed E-state index contributed by atoms with van der Waals surface area (Å²) >= 11 is 0. The first kappa shape index (κ1) is 29.4. The highest BCUT2D eigenvalue weighted by Crippen LogP contribution is 2.55. The van der Waals surface area contributed by atoms with Gasteiger partial charge in [-0.05, 0) is 36.1 Å². The fourth-order valence-corrected chi connectivity index (χ4v) is 6.93. The Labute approximate surface area is 281 Å². The second-order valence-electron chi connectivity index (χ2n) is 12.4. The summed E-state index contributed by atoms with van der Waals surface area (Å²) < 4.78 is 0. The predicted molar refractivity (Wildman–Crippen MR) is 198 cm³/mol. The molecule has 0 radical (unpaired) electrons. The minimum absolute atomic E-state index is 0.666. The molecular formula is C44H34N4. The molecule has 0 amide bonds. The fraction of sp³-hybridized carbons (Fsp3) is 0.0909. The van der Waals surface area contributed by atoms with Gasteiger partial charge < -0.3 is 0 Å². The van der Waals surface area contributed by atoms with E-state index in [0.29, 0.717) is 11.7 Å². The Morgan fingerprint density at radius 1 is 0.333 bits per heavy atom. The fourth-order valence-electron chi connectivity index (χ4n) is 6.93. The first-order valence-electron chi connectivity index (χ1n) is 16.3. The van der Waals surface area contributed by atoms with Crippen LogP contribution >= 0.6 is 0 Å². The second kappa shape index (κ2) is 12.0. The van der Waals surface area contributed by atoms with Crippen molar-refractivity contribution >= 4 is 23.1 Å². The molecule has 230 valence electrons. The highest BCUT2D eigenvalue weighted by atomic mass is 15.2. The minimum Gasteiger partial charge on any atom is -0.245 e. The average Bonchev–Trinajstić information content (AvgIpc) is 3.76. The van der Waals surface area contributed by atoms with Crippen molar-refractivity contribution in [1.82, 2.24) is 0 Å². The molecule has 0 saturated carbocycles. The Morgan fingerprint density at radius 3 is 0.979 bits per heavy atom. The molecule has 4 nitrogen and oxygen atoms in total. The van der Waals surface area contributed by atoms with Crippen molar-refractivity contribution in [3.05, 3.63) is 214 Å². The molecule has 2 heterocycles. The van der Waals surface area contributed by atoms with Crippen molar-refractivity contribution in [2.45, 2.75) is 24.9 Å². The molecular weight excluding hydrogens is 585 g/mol. The maximum atomic E-state index is 5.82. The largest absolute Gasteiger partial charge is 0.245 e. The average molecular weight is 619 g/mol. The zero-order valence-electron chi connectivity index (χ0n) is 27.0. The molecule has 8 rings (SSSR count). The molecule has 0 aromatic heterocycles. The van der Waals surface area contributed by atoms with Crippen LogP contribution in [0.3, 0.4) is 0 Å². The van der Waals surface area contributed by atoms with Gasteiger partial charge in [-0.1, -0.05) is 181 Å². The number of aliphatic imine (C=N–C) groups is 4. The molecule has 0 bridgehead atoms. The quantitative estimate of drug-likeness (QED) is 0.171. The van der Waals surface area contributed by atoms with Crippen LogP contribution in [0, 0.1) is 13.8 Å². The molecule has 0 N–H and O–H groups in total. The zero-order valence-corrected chi connectivity index (χ0v) is 27.0. The number of nitrogens with zero attached hydrogens (tertiary/aromatic N) is 4. The summed E-state index contributed by atoms with van der Waals surface area (Å²) in [5.41, 5.74) is 7.56. The standard InChI is InChI=1S/C44H34N4/c1-31-23-27-35(28-24-31)41-45-39(33-15-7-3-8-16-33)43(47-41,37-19-11-5-12-20-37)44(38-21-13-6-14-22-38)40(34-17-9-4-10-18-34)46-42(48-44)36-29-25-32(2)26-30-36/h3-30H,1-2H3. The zero-order chi connectivity index (χ0) is 32.6. The van der Waals surface area contributed by atoms with Gasteiger partial charge in [0, 0.05) is 11.1 Å². The summed E-state index contributed by atoms with van der Waals surface area (Å²) in [6.07, 6.45) is 0. The third kappa shape index (κ3) is 4.76. The third-order valence-corrected chi connectivity index (χ3v) is 9.29. The number of aryl methyl sites for hydroxylation is 2. The summed E-state index contributed by atoms with van der Waals surface area (Å²) in [7, 11) is 0. The van der Waals surface area contributed by atoms with Crippen molar-refractivity contribution in [3.8, 4) is 0 Å². The van der Waals surface area contributed by atoms with E-state index in [2.05, 4.69) is 159 Å². The van der Waals surface area contributed by atoms with E-state index in [1.165, 1.54) is 11.1 Å². The number of benzene rings is 6. The van der Waals surface area contributed by atoms with Crippen molar-refractivity contribution in [1.29, 1.82) is 0 Å². The van der Waals surface area contributed by atoms with Gasteiger partial charge in [0.1, 0.15) is 0 Å². The summed E-state index contributed by atoms with van der Waals surface area (Å²) in [5.74, 6) is 1.33. The van der Waals surface area contributed by atoms with Crippen molar-refractivity contribution in [2.75, 3.05) is 0 Å². The summed E-state index contributed by atoms with van der Waals surface area (Å²) in [6, 6.07) is 58.8. The van der Waals surface area contributed by atoms with E-state index in [-0.39, 0.29) is 0 Å². The second-order valence-corrected chi connectivity index (χ2v) is 12.4. The molecule has 2 atom stereocenters. The maximum absolute atomic E-state index is 5.82. The first-order chi connectivity index (χ1) is 23.6. The lowest BCUT2D eigenvalue weighted by Gasteiger charge is -2.44. The molecule has 0 saturated heterocycles. The van der Waals surface area contributed by atoms with E-state index in [4.69, 9.17) is 20.0 Å². The van der Waals surface area contributed by atoms with E-state index in [1.807, 2.05) is 24.3 Å². The molecule has 0 fully saturated rings. The molecule has 2 aliphatic rings. The molecule has 48 heavy (non-hydrogen) atoms. The lowest BCUT2D eigenvalue weighted by Crippen LogP contribution is -2.55. The van der Waals surface area contributed by atoms with Gasteiger partial charge in [-0.25, -0.2) is 20.0 Å². The van der Waals surface area contributed by atoms with Crippen LogP contribution < -0.4 is 0 Å². The normalized spacial score (nSPS) is 20.1. The van der Waals surface area contributed by atoms with Crippen LogP contribution in [-0.2, 0) is 11.1 Å². The van der Waals surface area contributed by atoms with E-state index in [1.54, 1.807) is 0 Å². The highest BCUT2D eigenvalue weighted by Gasteiger charge is 2.64. The molecule has 0 spiro atoms. The Kier molecular flexibility index (Phi) is 7.34. The Balaban J connectivity index is 1.55. The van der Waals surface area contributed by atoms with Crippen molar-refractivity contribution in [2.24, 2.45) is 20.0 Å². The predicted octanol–water partition coefficient (Wildman–Crippen LogP) is 9.29. The molecule has 2 aliphatic heterocycles. The van der Waals surface area contributed by atoms with Crippen LogP contribution in [-0.4, -0.2) is 23.1 Å². The maximum Gasteiger partial charge on any atom is 0.165 e. The van der Waals surface area contributed by atoms with Crippen molar-refractivity contribution < 1.29 is 0 Å². The minimum atomic E-state index is -1.14. The van der Waals surface area contributed by atoms with Gasteiger partial charge in [0.25, 0.3) is 0 Å². The molecule has 6 aromatic carbocycles. The summed E-state index contributed by atoms with van der Waals surface area (Å²) in [6.45, 7) is 4.19. The van der Waals surface area contributed by atoms with E-state index < -0.39 is 11.1 Å². The summed E-state index contributed by atoms with van der Waals surface area (Å²) in [4.78, 5) is 22.6. The molecule has 2 unspecified atom stereocenters. The van der Waals surface area contributed by atoms with Gasteiger partial charge in [0.2, 0.25) is 0 Å². The number of hydrogen-bond acceptors (Lipinski definition) is 4. The van der Waals surface area contributed by atoms with E-state index >= 15 is 0 Å². The van der Waals surface area contributed by atoms with Gasteiger partial charge in [-0.3, -0.25) is 0 Å². The molecule has 6 aromatic rings. The van der Waals surface area contributed by atoms with E-state index in [0.717, 1.165) is 44.8 Å².